The van der Waals surface area contributed by atoms with E-state index in [2.05, 4.69) is 22.0 Å². The van der Waals surface area contributed by atoms with E-state index in [1.165, 1.54) is 5.56 Å². The van der Waals surface area contributed by atoms with Gasteiger partial charge >= 0.3 is 6.03 Å². The first kappa shape index (κ1) is 16.2. The fourth-order valence-corrected chi connectivity index (χ4v) is 2.50. The highest BCUT2D eigenvalue weighted by Crippen LogP contribution is 2.20. The lowest BCUT2D eigenvalue weighted by Crippen LogP contribution is -2.30. The summed E-state index contributed by atoms with van der Waals surface area (Å²) in [4.78, 5) is 11.7. The molecule has 3 N–H and O–H groups in total. The third-order valence-electron chi connectivity index (χ3n) is 3.97. The molecular formula is C19H23N3O2. The summed E-state index contributed by atoms with van der Waals surface area (Å²) in [5.41, 5.74) is 3.00. The summed E-state index contributed by atoms with van der Waals surface area (Å²) in [6, 6.07) is 16.0. The number of methoxy groups -OCH3 is 1. The van der Waals surface area contributed by atoms with E-state index >= 15 is 0 Å². The molecule has 5 heteroatoms. The number of benzene rings is 2. The number of hydrogen-bond donors (Lipinski definition) is 3. The van der Waals surface area contributed by atoms with Gasteiger partial charge in [-0.2, -0.15) is 0 Å². The molecule has 0 radical (unpaired) electrons. The Morgan fingerprint density at radius 2 is 1.79 bits per heavy atom. The molecule has 0 aliphatic heterocycles. The van der Waals surface area contributed by atoms with Gasteiger partial charge in [-0.1, -0.05) is 18.2 Å². The topological polar surface area (TPSA) is 62.4 Å². The normalized spacial score (nSPS) is 13.2. The highest BCUT2D eigenvalue weighted by molar-refractivity contribution is 5.89. The van der Waals surface area contributed by atoms with Gasteiger partial charge < -0.3 is 20.7 Å². The number of anilines is 2. The minimum atomic E-state index is -0.130. The van der Waals surface area contributed by atoms with Gasteiger partial charge in [0.05, 0.1) is 7.11 Å². The largest absolute Gasteiger partial charge is 0.496 e. The van der Waals surface area contributed by atoms with Gasteiger partial charge in [-0.3, -0.25) is 0 Å². The van der Waals surface area contributed by atoms with E-state index in [0.29, 0.717) is 6.04 Å². The fourth-order valence-electron chi connectivity index (χ4n) is 2.50. The van der Waals surface area contributed by atoms with Crippen LogP contribution in [0.5, 0.6) is 5.75 Å². The molecule has 0 heterocycles. The van der Waals surface area contributed by atoms with Gasteiger partial charge in [-0.05, 0) is 55.2 Å². The van der Waals surface area contributed by atoms with Gasteiger partial charge in [-0.25, -0.2) is 4.79 Å². The lowest BCUT2D eigenvalue weighted by atomic mass is 10.1. The Bertz CT molecular complexity index is 681. The molecule has 1 aliphatic carbocycles. The van der Waals surface area contributed by atoms with Gasteiger partial charge in [0.25, 0.3) is 0 Å². The zero-order valence-corrected chi connectivity index (χ0v) is 13.8. The molecule has 1 saturated carbocycles. The number of amides is 2. The summed E-state index contributed by atoms with van der Waals surface area (Å²) in [6.45, 7) is 0.815. The molecule has 0 atom stereocenters. The lowest BCUT2D eigenvalue weighted by molar-refractivity contribution is 0.251. The van der Waals surface area contributed by atoms with Crippen LogP contribution in [0, 0.1) is 0 Å². The highest BCUT2D eigenvalue weighted by Gasteiger charge is 2.23. The minimum absolute atomic E-state index is 0.130. The average Bonchev–Trinajstić information content (AvgIpc) is 3.40. The summed E-state index contributed by atoms with van der Waals surface area (Å²) in [6.07, 6.45) is 3.05. The van der Waals surface area contributed by atoms with Crippen molar-refractivity contribution >= 4 is 17.4 Å². The molecule has 2 aromatic rings. The Morgan fingerprint density at radius 1 is 1.08 bits per heavy atom. The fraction of sp³-hybridized carbons (Fsp3) is 0.316. The van der Waals surface area contributed by atoms with Crippen LogP contribution in [0.1, 0.15) is 18.4 Å². The Labute approximate surface area is 142 Å². The van der Waals surface area contributed by atoms with Crippen molar-refractivity contribution in [2.45, 2.75) is 25.3 Å². The Balaban J connectivity index is 1.46. The van der Waals surface area contributed by atoms with E-state index in [-0.39, 0.29) is 6.03 Å². The molecule has 1 fully saturated rings. The van der Waals surface area contributed by atoms with Crippen LogP contribution in [0.4, 0.5) is 16.2 Å². The number of urea groups is 1. The van der Waals surface area contributed by atoms with Crippen molar-refractivity contribution in [3.63, 3.8) is 0 Å². The van der Waals surface area contributed by atoms with Gasteiger partial charge in [0.2, 0.25) is 0 Å². The molecule has 0 aromatic heterocycles. The number of nitrogens with one attached hydrogen (secondary N) is 3. The molecular weight excluding hydrogens is 302 g/mol. The van der Waals surface area contributed by atoms with E-state index < -0.39 is 0 Å². The number of ether oxygens (including phenoxy) is 1. The monoisotopic (exact) mass is 325 g/mol. The molecule has 24 heavy (non-hydrogen) atoms. The summed E-state index contributed by atoms with van der Waals surface area (Å²) >= 11 is 0. The third-order valence-corrected chi connectivity index (χ3v) is 3.97. The third kappa shape index (κ3) is 4.65. The SMILES string of the molecule is COc1ccccc1CCNc1ccc(NC(=O)NC2CC2)cc1. The van der Waals surface area contributed by atoms with Crippen LogP contribution >= 0.6 is 0 Å². The number of rotatable bonds is 7. The van der Waals surface area contributed by atoms with Crippen molar-refractivity contribution in [1.29, 1.82) is 0 Å². The van der Waals surface area contributed by atoms with Crippen LogP contribution in [-0.4, -0.2) is 25.7 Å². The van der Waals surface area contributed by atoms with Crippen molar-refractivity contribution in [3.05, 3.63) is 54.1 Å². The van der Waals surface area contributed by atoms with E-state index in [9.17, 15) is 4.79 Å². The Hall–Kier alpha value is -2.69. The maximum absolute atomic E-state index is 11.7. The zero-order valence-electron chi connectivity index (χ0n) is 13.8. The van der Waals surface area contributed by atoms with Crippen LogP contribution in [-0.2, 0) is 6.42 Å². The van der Waals surface area contributed by atoms with E-state index in [0.717, 1.165) is 42.9 Å². The van der Waals surface area contributed by atoms with E-state index in [1.54, 1.807) is 7.11 Å². The predicted octanol–water partition coefficient (Wildman–Crippen LogP) is 3.63. The van der Waals surface area contributed by atoms with Crippen molar-refractivity contribution in [1.82, 2.24) is 5.32 Å². The van der Waals surface area contributed by atoms with Gasteiger partial charge in [0.1, 0.15) is 5.75 Å². The highest BCUT2D eigenvalue weighted by atomic mass is 16.5. The number of para-hydroxylation sites is 1. The standard InChI is InChI=1S/C19H23N3O2/c1-24-18-5-3-2-4-14(18)12-13-20-15-6-8-16(9-7-15)21-19(23)22-17-10-11-17/h2-9,17,20H,10-13H2,1H3,(H2,21,22,23). The van der Waals surface area contributed by atoms with Gasteiger partial charge in [0, 0.05) is 24.0 Å². The quantitative estimate of drug-likeness (QED) is 0.728. The lowest BCUT2D eigenvalue weighted by Gasteiger charge is -2.11. The maximum Gasteiger partial charge on any atom is 0.319 e. The average molecular weight is 325 g/mol. The molecule has 3 rings (SSSR count). The zero-order chi connectivity index (χ0) is 16.8. The predicted molar refractivity (Wildman–Crippen MR) is 96.8 cm³/mol. The van der Waals surface area contributed by atoms with Crippen molar-refractivity contribution < 1.29 is 9.53 Å². The second-order valence-corrected chi connectivity index (χ2v) is 5.94. The molecule has 126 valence electrons. The smallest absolute Gasteiger partial charge is 0.319 e. The Morgan fingerprint density at radius 3 is 2.50 bits per heavy atom. The van der Waals surface area contributed by atoms with Crippen LogP contribution in [0.15, 0.2) is 48.5 Å². The molecule has 0 saturated heterocycles. The molecule has 5 nitrogen and oxygen atoms in total. The van der Waals surface area contributed by atoms with Gasteiger partial charge in [0.15, 0.2) is 0 Å². The summed E-state index contributed by atoms with van der Waals surface area (Å²) in [7, 11) is 1.69. The van der Waals surface area contributed by atoms with Crippen LogP contribution in [0.3, 0.4) is 0 Å². The number of hydrogen-bond acceptors (Lipinski definition) is 3. The Kier molecular flexibility index (Phi) is 5.21. The first-order valence-electron chi connectivity index (χ1n) is 8.28. The van der Waals surface area contributed by atoms with Crippen molar-refractivity contribution in [3.8, 4) is 5.75 Å². The number of carbonyl (C=O) groups excluding carboxylic acids is 1. The first-order valence-corrected chi connectivity index (χ1v) is 8.28. The molecule has 0 bridgehead atoms. The molecule has 0 spiro atoms. The second kappa shape index (κ2) is 7.73. The number of carbonyl (C=O) groups is 1. The van der Waals surface area contributed by atoms with Crippen molar-refractivity contribution in [2.24, 2.45) is 0 Å². The molecule has 1 aliphatic rings. The summed E-state index contributed by atoms with van der Waals surface area (Å²) in [5, 5.41) is 9.13. The summed E-state index contributed by atoms with van der Waals surface area (Å²) in [5.74, 6) is 0.917. The van der Waals surface area contributed by atoms with Crippen LogP contribution in [0.2, 0.25) is 0 Å². The maximum atomic E-state index is 11.7. The summed E-state index contributed by atoms with van der Waals surface area (Å²) < 4.78 is 5.36. The van der Waals surface area contributed by atoms with Crippen LogP contribution in [0.25, 0.3) is 0 Å². The molecule has 2 aromatic carbocycles. The second-order valence-electron chi connectivity index (χ2n) is 5.94. The van der Waals surface area contributed by atoms with E-state index in [4.69, 9.17) is 4.74 Å². The van der Waals surface area contributed by atoms with Gasteiger partial charge in [-0.15, -0.1) is 0 Å². The van der Waals surface area contributed by atoms with Crippen LogP contribution < -0.4 is 20.7 Å². The first-order chi connectivity index (χ1) is 11.7. The molecule has 2 amide bonds. The van der Waals surface area contributed by atoms with E-state index in [1.807, 2.05) is 42.5 Å². The van der Waals surface area contributed by atoms with Crippen molar-refractivity contribution in [2.75, 3.05) is 24.3 Å². The molecule has 0 unspecified atom stereocenters. The minimum Gasteiger partial charge on any atom is -0.496 e.